The molecule has 0 amide bonds. The molecule has 2 rings (SSSR count). The number of β-amino-alcohol motifs (C(OH)–C–C–N with tert-alkyl or cyclic N) is 1. The van der Waals surface area contributed by atoms with Crippen LogP contribution in [-0.4, -0.2) is 67.0 Å². The molecule has 114 valence electrons. The molecule has 5 heteroatoms. The first-order valence-corrected chi connectivity index (χ1v) is 7.57. The minimum absolute atomic E-state index is 0.291. The van der Waals surface area contributed by atoms with E-state index in [0.717, 1.165) is 52.2 Å². The maximum absolute atomic E-state index is 9.97. The van der Waals surface area contributed by atoms with Crippen molar-refractivity contribution in [3.8, 4) is 0 Å². The third-order valence-corrected chi connectivity index (χ3v) is 3.64. The number of nitrogens with zero attached hydrogens (tertiary/aromatic N) is 1. The highest BCUT2D eigenvalue weighted by molar-refractivity contribution is 5.14. The van der Waals surface area contributed by atoms with E-state index in [1.807, 2.05) is 6.20 Å². The van der Waals surface area contributed by atoms with Crippen molar-refractivity contribution in [2.45, 2.75) is 25.9 Å². The number of aromatic amines is 1. The molecule has 20 heavy (non-hydrogen) atoms. The molecule has 1 aromatic rings. The third kappa shape index (κ3) is 5.63. The number of nitrogens with one attached hydrogen (secondary N) is 2. The van der Waals surface area contributed by atoms with Gasteiger partial charge < -0.3 is 20.1 Å². The Balaban J connectivity index is 1.49. The molecule has 2 heterocycles. The third-order valence-electron chi connectivity index (χ3n) is 3.64. The van der Waals surface area contributed by atoms with Crippen LogP contribution in [0.25, 0.3) is 0 Å². The number of hydrogen-bond donors (Lipinski definition) is 3. The average molecular weight is 281 g/mol. The molecule has 5 nitrogen and oxygen atoms in total. The van der Waals surface area contributed by atoms with Gasteiger partial charge in [-0.05, 0) is 37.9 Å². The van der Waals surface area contributed by atoms with Crippen LogP contribution in [0.3, 0.4) is 0 Å². The molecule has 3 N–H and O–H groups in total. The molecule has 1 fully saturated rings. The Morgan fingerprint density at radius 1 is 1.45 bits per heavy atom. The lowest BCUT2D eigenvalue weighted by molar-refractivity contribution is 0.0150. The maximum atomic E-state index is 9.97. The Labute approximate surface area is 121 Å². The number of morpholine rings is 1. The van der Waals surface area contributed by atoms with Gasteiger partial charge in [0.25, 0.3) is 0 Å². The number of aliphatic hydroxyl groups is 1. The van der Waals surface area contributed by atoms with Gasteiger partial charge in [-0.2, -0.15) is 0 Å². The minimum atomic E-state index is -0.291. The summed E-state index contributed by atoms with van der Waals surface area (Å²) >= 11 is 0. The molecule has 1 atom stereocenters. The van der Waals surface area contributed by atoms with E-state index >= 15 is 0 Å². The number of ether oxygens (including phenoxy) is 1. The van der Waals surface area contributed by atoms with Crippen molar-refractivity contribution in [2.75, 3.05) is 45.9 Å². The fraction of sp³-hybridized carbons (Fsp3) is 0.733. The quantitative estimate of drug-likeness (QED) is 0.609. The normalized spacial score (nSPS) is 18.3. The largest absolute Gasteiger partial charge is 0.390 e. The zero-order valence-corrected chi connectivity index (χ0v) is 12.4. The van der Waals surface area contributed by atoms with E-state index < -0.39 is 0 Å². The van der Waals surface area contributed by atoms with Gasteiger partial charge in [-0.1, -0.05) is 0 Å². The summed E-state index contributed by atoms with van der Waals surface area (Å²) in [5, 5.41) is 13.3. The minimum Gasteiger partial charge on any atom is -0.390 e. The second-order valence-electron chi connectivity index (χ2n) is 5.58. The van der Waals surface area contributed by atoms with Crippen molar-refractivity contribution >= 4 is 0 Å². The van der Waals surface area contributed by atoms with Gasteiger partial charge in [0.2, 0.25) is 0 Å². The monoisotopic (exact) mass is 281 g/mol. The number of hydrogen-bond acceptors (Lipinski definition) is 4. The lowest BCUT2D eigenvalue weighted by atomic mass is 10.2. The average Bonchev–Trinajstić information content (AvgIpc) is 2.85. The molecule has 1 aliphatic rings. The van der Waals surface area contributed by atoms with Gasteiger partial charge in [0.1, 0.15) is 0 Å². The van der Waals surface area contributed by atoms with Crippen LogP contribution < -0.4 is 5.32 Å². The van der Waals surface area contributed by atoms with Crippen LogP contribution in [0.1, 0.15) is 17.7 Å². The number of H-pyrrole nitrogens is 1. The second-order valence-corrected chi connectivity index (χ2v) is 5.58. The van der Waals surface area contributed by atoms with Gasteiger partial charge in [-0.3, -0.25) is 4.90 Å². The Bertz CT molecular complexity index is 375. The molecule has 1 unspecified atom stereocenters. The van der Waals surface area contributed by atoms with E-state index in [9.17, 15) is 5.11 Å². The SMILES string of the molecule is Cc1c[nH]c(CCCNCC(O)CN2CCOCC2)c1. The Kier molecular flexibility index (Phi) is 6.53. The van der Waals surface area contributed by atoms with Crippen LogP contribution in [0.2, 0.25) is 0 Å². The maximum Gasteiger partial charge on any atom is 0.0791 e. The van der Waals surface area contributed by atoms with E-state index in [1.165, 1.54) is 11.3 Å². The van der Waals surface area contributed by atoms with Crippen LogP contribution in [0.15, 0.2) is 12.3 Å². The van der Waals surface area contributed by atoms with Crippen LogP contribution in [0.4, 0.5) is 0 Å². The van der Waals surface area contributed by atoms with Gasteiger partial charge in [-0.15, -0.1) is 0 Å². The summed E-state index contributed by atoms with van der Waals surface area (Å²) in [4.78, 5) is 5.53. The summed E-state index contributed by atoms with van der Waals surface area (Å²) in [6.45, 7) is 7.89. The lowest BCUT2D eigenvalue weighted by Crippen LogP contribution is -2.43. The fourth-order valence-corrected chi connectivity index (χ4v) is 2.53. The van der Waals surface area contributed by atoms with E-state index in [0.29, 0.717) is 6.54 Å². The lowest BCUT2D eigenvalue weighted by Gasteiger charge is -2.28. The standard InChI is InChI=1S/C15H27N3O2/c1-13-9-14(17-10-13)3-2-4-16-11-15(19)12-18-5-7-20-8-6-18/h9-10,15-17,19H,2-8,11-12H2,1H3. The highest BCUT2D eigenvalue weighted by Gasteiger charge is 2.14. The first-order chi connectivity index (χ1) is 9.74. The number of aromatic nitrogens is 1. The highest BCUT2D eigenvalue weighted by Crippen LogP contribution is 2.03. The highest BCUT2D eigenvalue weighted by atomic mass is 16.5. The Morgan fingerprint density at radius 2 is 2.25 bits per heavy atom. The molecule has 1 aromatic heterocycles. The molecule has 0 bridgehead atoms. The molecule has 0 spiro atoms. The van der Waals surface area contributed by atoms with E-state index in [-0.39, 0.29) is 6.10 Å². The first-order valence-electron chi connectivity index (χ1n) is 7.57. The van der Waals surface area contributed by atoms with Gasteiger partial charge in [0, 0.05) is 38.1 Å². The fourth-order valence-electron chi connectivity index (χ4n) is 2.53. The molecule has 0 saturated carbocycles. The summed E-state index contributed by atoms with van der Waals surface area (Å²) < 4.78 is 5.30. The van der Waals surface area contributed by atoms with Gasteiger partial charge in [0.05, 0.1) is 19.3 Å². The predicted molar refractivity (Wildman–Crippen MR) is 80.0 cm³/mol. The van der Waals surface area contributed by atoms with Crippen molar-refractivity contribution in [3.05, 3.63) is 23.5 Å². The van der Waals surface area contributed by atoms with Gasteiger partial charge in [0.15, 0.2) is 0 Å². The summed E-state index contributed by atoms with van der Waals surface area (Å²) in [7, 11) is 0. The molecule has 0 aliphatic carbocycles. The van der Waals surface area contributed by atoms with Gasteiger partial charge in [-0.25, -0.2) is 0 Å². The number of aryl methyl sites for hydroxylation is 2. The van der Waals surface area contributed by atoms with Crippen molar-refractivity contribution in [1.82, 2.24) is 15.2 Å². The predicted octanol–water partition coefficient (Wildman–Crippen LogP) is 0.538. The van der Waals surface area contributed by atoms with Crippen molar-refractivity contribution in [3.63, 3.8) is 0 Å². The molecule has 1 saturated heterocycles. The summed E-state index contributed by atoms with van der Waals surface area (Å²) in [5.41, 5.74) is 2.58. The first kappa shape index (κ1) is 15.5. The van der Waals surface area contributed by atoms with Crippen LogP contribution >= 0.6 is 0 Å². The zero-order chi connectivity index (χ0) is 14.2. The van der Waals surface area contributed by atoms with Crippen molar-refractivity contribution < 1.29 is 9.84 Å². The Morgan fingerprint density at radius 3 is 2.95 bits per heavy atom. The smallest absolute Gasteiger partial charge is 0.0791 e. The Hall–Kier alpha value is -0.880. The molecule has 0 aromatic carbocycles. The zero-order valence-electron chi connectivity index (χ0n) is 12.4. The number of aliphatic hydroxyl groups excluding tert-OH is 1. The van der Waals surface area contributed by atoms with Crippen molar-refractivity contribution in [1.29, 1.82) is 0 Å². The van der Waals surface area contributed by atoms with E-state index in [1.54, 1.807) is 0 Å². The summed E-state index contributed by atoms with van der Waals surface area (Å²) in [6.07, 6.45) is 3.89. The van der Waals surface area contributed by atoms with Crippen LogP contribution in [0.5, 0.6) is 0 Å². The van der Waals surface area contributed by atoms with Crippen molar-refractivity contribution in [2.24, 2.45) is 0 Å². The molecular weight excluding hydrogens is 254 g/mol. The molecule has 0 radical (unpaired) electrons. The summed E-state index contributed by atoms with van der Waals surface area (Å²) in [6, 6.07) is 2.19. The van der Waals surface area contributed by atoms with Crippen LogP contribution in [-0.2, 0) is 11.2 Å². The van der Waals surface area contributed by atoms with Gasteiger partial charge >= 0.3 is 0 Å². The molecular formula is C15H27N3O2. The van der Waals surface area contributed by atoms with Crippen LogP contribution in [0, 0.1) is 6.92 Å². The topological polar surface area (TPSA) is 60.5 Å². The molecule has 1 aliphatic heterocycles. The van der Waals surface area contributed by atoms with E-state index in [2.05, 4.69) is 28.2 Å². The second kappa shape index (κ2) is 8.42. The number of rotatable bonds is 8. The summed E-state index contributed by atoms with van der Waals surface area (Å²) in [5.74, 6) is 0. The van der Waals surface area contributed by atoms with E-state index in [4.69, 9.17) is 4.74 Å².